The first kappa shape index (κ1) is 14.3. The van der Waals surface area contributed by atoms with E-state index in [0.717, 1.165) is 0 Å². The van der Waals surface area contributed by atoms with Gasteiger partial charge in [0.15, 0.2) is 0 Å². The van der Waals surface area contributed by atoms with E-state index in [1.165, 1.54) is 12.1 Å². The minimum atomic E-state index is -0.119. The van der Waals surface area contributed by atoms with Crippen molar-refractivity contribution < 1.29 is 14.7 Å². The fraction of sp³-hybridized carbons (Fsp3) is 0.429. The Morgan fingerprint density at radius 3 is 2.40 bits per heavy atom. The van der Waals surface area contributed by atoms with E-state index >= 15 is 0 Å². The van der Waals surface area contributed by atoms with Crippen LogP contribution in [0.3, 0.4) is 0 Å². The molecule has 1 aromatic rings. The lowest BCUT2D eigenvalue weighted by atomic mass is 10.1. The minimum Gasteiger partial charge on any atom is -0.508 e. The van der Waals surface area contributed by atoms with Crippen LogP contribution in [0.25, 0.3) is 0 Å². The van der Waals surface area contributed by atoms with Gasteiger partial charge in [0.1, 0.15) is 5.75 Å². The predicted octanol–water partition coefficient (Wildman–Crippen LogP) is 0.0254. The Hall–Kier alpha value is -2.08. The van der Waals surface area contributed by atoms with Crippen molar-refractivity contribution in [3.05, 3.63) is 29.8 Å². The highest BCUT2D eigenvalue weighted by molar-refractivity contribution is 5.94. The third kappa shape index (κ3) is 3.27. The molecule has 0 radical (unpaired) electrons. The molecule has 0 saturated carbocycles. The highest BCUT2D eigenvalue weighted by atomic mass is 16.3. The van der Waals surface area contributed by atoms with Crippen LogP contribution in [0.2, 0.25) is 0 Å². The number of rotatable bonds is 3. The maximum atomic E-state index is 12.2. The molecule has 20 heavy (non-hydrogen) atoms. The number of piperazine rings is 1. The fourth-order valence-corrected chi connectivity index (χ4v) is 2.26. The Kier molecular flexibility index (Phi) is 4.57. The van der Waals surface area contributed by atoms with Crippen molar-refractivity contribution >= 4 is 11.8 Å². The first-order valence-electron chi connectivity index (χ1n) is 6.68. The molecule has 0 bridgehead atoms. The minimum absolute atomic E-state index is 0.0388. The van der Waals surface area contributed by atoms with Crippen LogP contribution in [-0.2, 0) is 4.79 Å². The van der Waals surface area contributed by atoms with Crippen LogP contribution >= 0.6 is 0 Å². The largest absolute Gasteiger partial charge is 0.508 e. The number of amides is 2. The Labute approximate surface area is 117 Å². The van der Waals surface area contributed by atoms with E-state index < -0.39 is 0 Å². The van der Waals surface area contributed by atoms with Gasteiger partial charge in [-0.25, -0.2) is 0 Å². The van der Waals surface area contributed by atoms with Gasteiger partial charge < -0.3 is 20.6 Å². The Balaban J connectivity index is 1.93. The second kappa shape index (κ2) is 6.38. The number of nitrogens with two attached hydrogens (primary N) is 1. The molecule has 0 spiro atoms. The van der Waals surface area contributed by atoms with Crippen LogP contribution in [0.4, 0.5) is 0 Å². The zero-order valence-corrected chi connectivity index (χ0v) is 11.3. The maximum absolute atomic E-state index is 12.2. The van der Waals surface area contributed by atoms with Crippen molar-refractivity contribution in [2.24, 2.45) is 5.73 Å². The molecule has 3 N–H and O–H groups in total. The molecular formula is C14H19N3O3. The number of hydrogen-bond donors (Lipinski definition) is 2. The van der Waals surface area contributed by atoms with Crippen LogP contribution in [0.15, 0.2) is 24.3 Å². The molecule has 6 nitrogen and oxygen atoms in total. The number of phenols is 1. The van der Waals surface area contributed by atoms with Gasteiger partial charge in [-0.1, -0.05) is 6.07 Å². The normalized spacial score (nSPS) is 15.2. The van der Waals surface area contributed by atoms with Gasteiger partial charge in [0.25, 0.3) is 5.91 Å². The fourth-order valence-electron chi connectivity index (χ4n) is 2.26. The van der Waals surface area contributed by atoms with Crippen molar-refractivity contribution in [3.63, 3.8) is 0 Å². The van der Waals surface area contributed by atoms with E-state index in [1.807, 2.05) is 0 Å². The first-order chi connectivity index (χ1) is 9.61. The molecular weight excluding hydrogens is 258 g/mol. The number of hydrogen-bond acceptors (Lipinski definition) is 4. The smallest absolute Gasteiger partial charge is 0.254 e. The molecule has 2 rings (SSSR count). The average Bonchev–Trinajstić information content (AvgIpc) is 2.47. The molecule has 0 aromatic heterocycles. The number of carbonyl (C=O) groups is 2. The molecule has 1 fully saturated rings. The van der Waals surface area contributed by atoms with Crippen LogP contribution < -0.4 is 5.73 Å². The van der Waals surface area contributed by atoms with E-state index in [-0.39, 0.29) is 17.6 Å². The van der Waals surface area contributed by atoms with E-state index in [0.29, 0.717) is 44.7 Å². The second-order valence-corrected chi connectivity index (χ2v) is 4.76. The monoisotopic (exact) mass is 277 g/mol. The van der Waals surface area contributed by atoms with Gasteiger partial charge in [0.2, 0.25) is 5.91 Å². The zero-order valence-electron chi connectivity index (χ0n) is 11.3. The van der Waals surface area contributed by atoms with E-state index in [9.17, 15) is 14.7 Å². The van der Waals surface area contributed by atoms with Gasteiger partial charge in [0, 0.05) is 44.7 Å². The SMILES string of the molecule is NCCC(=O)N1CCN(C(=O)c2cccc(O)c2)CC1. The van der Waals surface area contributed by atoms with Crippen molar-refractivity contribution in [3.8, 4) is 5.75 Å². The molecule has 1 heterocycles. The molecule has 2 amide bonds. The Morgan fingerprint density at radius 2 is 1.80 bits per heavy atom. The summed E-state index contributed by atoms with van der Waals surface area (Å²) in [7, 11) is 0. The summed E-state index contributed by atoms with van der Waals surface area (Å²) in [5.74, 6) is -0.00334. The van der Waals surface area contributed by atoms with E-state index in [1.54, 1.807) is 21.9 Å². The first-order valence-corrected chi connectivity index (χ1v) is 6.68. The quantitative estimate of drug-likeness (QED) is 0.816. The molecule has 0 atom stereocenters. The van der Waals surface area contributed by atoms with Crippen molar-refractivity contribution in [2.45, 2.75) is 6.42 Å². The van der Waals surface area contributed by atoms with Crippen LogP contribution in [-0.4, -0.2) is 59.4 Å². The summed E-state index contributed by atoms with van der Waals surface area (Å²) in [6.07, 6.45) is 0.348. The van der Waals surface area contributed by atoms with Gasteiger partial charge in [-0.3, -0.25) is 9.59 Å². The maximum Gasteiger partial charge on any atom is 0.254 e. The summed E-state index contributed by atoms with van der Waals surface area (Å²) in [6, 6.07) is 6.30. The van der Waals surface area contributed by atoms with Crippen LogP contribution in [0.1, 0.15) is 16.8 Å². The van der Waals surface area contributed by atoms with Gasteiger partial charge in [0.05, 0.1) is 0 Å². The highest BCUT2D eigenvalue weighted by Gasteiger charge is 2.24. The molecule has 1 saturated heterocycles. The molecule has 6 heteroatoms. The third-order valence-electron chi connectivity index (χ3n) is 3.37. The van der Waals surface area contributed by atoms with Crippen molar-refractivity contribution in [1.82, 2.24) is 9.80 Å². The topological polar surface area (TPSA) is 86.9 Å². The summed E-state index contributed by atoms with van der Waals surface area (Å²) in [6.45, 7) is 2.42. The lowest BCUT2D eigenvalue weighted by molar-refractivity contribution is -0.132. The summed E-state index contributed by atoms with van der Waals surface area (Å²) in [5, 5.41) is 9.40. The van der Waals surface area contributed by atoms with Crippen LogP contribution in [0.5, 0.6) is 5.75 Å². The average molecular weight is 277 g/mol. The summed E-state index contributed by atoms with van der Waals surface area (Å²) >= 11 is 0. The summed E-state index contributed by atoms with van der Waals surface area (Å²) < 4.78 is 0. The molecule has 108 valence electrons. The highest BCUT2D eigenvalue weighted by Crippen LogP contribution is 2.14. The van der Waals surface area contributed by atoms with Crippen molar-refractivity contribution in [2.75, 3.05) is 32.7 Å². The second-order valence-electron chi connectivity index (χ2n) is 4.76. The van der Waals surface area contributed by atoms with E-state index in [2.05, 4.69) is 0 Å². The molecule has 0 aliphatic carbocycles. The standard InChI is InChI=1S/C14H19N3O3/c15-5-4-13(19)16-6-8-17(9-7-16)14(20)11-2-1-3-12(18)10-11/h1-3,10,18H,4-9,15H2. The number of benzene rings is 1. The van der Waals surface area contributed by atoms with Gasteiger partial charge in [-0.05, 0) is 18.2 Å². The van der Waals surface area contributed by atoms with Crippen molar-refractivity contribution in [1.29, 1.82) is 0 Å². The molecule has 1 aromatic carbocycles. The van der Waals surface area contributed by atoms with Gasteiger partial charge in [-0.15, -0.1) is 0 Å². The summed E-state index contributed by atoms with van der Waals surface area (Å²) in [4.78, 5) is 27.4. The van der Waals surface area contributed by atoms with Crippen LogP contribution in [0, 0.1) is 0 Å². The number of aromatic hydroxyl groups is 1. The predicted molar refractivity (Wildman–Crippen MR) is 74.3 cm³/mol. The summed E-state index contributed by atoms with van der Waals surface area (Å²) in [5.41, 5.74) is 5.83. The van der Waals surface area contributed by atoms with Gasteiger partial charge >= 0.3 is 0 Å². The lowest BCUT2D eigenvalue weighted by Gasteiger charge is -2.34. The van der Waals surface area contributed by atoms with E-state index in [4.69, 9.17) is 5.73 Å². The zero-order chi connectivity index (χ0) is 14.5. The molecule has 0 unspecified atom stereocenters. The lowest BCUT2D eigenvalue weighted by Crippen LogP contribution is -2.50. The molecule has 1 aliphatic heterocycles. The number of phenolic OH excluding ortho intramolecular Hbond substituents is 1. The number of carbonyl (C=O) groups excluding carboxylic acids is 2. The van der Waals surface area contributed by atoms with Gasteiger partial charge in [-0.2, -0.15) is 0 Å². The Morgan fingerprint density at radius 1 is 1.15 bits per heavy atom. The molecule has 1 aliphatic rings. The Bertz CT molecular complexity index is 496. The third-order valence-corrected chi connectivity index (χ3v) is 3.37. The number of nitrogens with zero attached hydrogens (tertiary/aromatic N) is 2.